The summed E-state index contributed by atoms with van der Waals surface area (Å²) in [7, 11) is 1.83. The van der Waals surface area contributed by atoms with Gasteiger partial charge in [0.1, 0.15) is 11.5 Å². The number of hydrogen-bond donors (Lipinski definition) is 0. The molecule has 0 fully saturated rings. The summed E-state index contributed by atoms with van der Waals surface area (Å²) in [6, 6.07) is 7.82. The van der Waals surface area contributed by atoms with Crippen LogP contribution in [0.5, 0.6) is 0 Å². The molecule has 1 heterocycles. The molecule has 0 atom stereocenters. The first-order valence-electron chi connectivity index (χ1n) is 4.45. The molecule has 0 saturated heterocycles. The van der Waals surface area contributed by atoms with E-state index < -0.39 is 0 Å². The summed E-state index contributed by atoms with van der Waals surface area (Å²) in [4.78, 5) is 14.9. The van der Waals surface area contributed by atoms with Crippen molar-refractivity contribution in [3.8, 4) is 11.4 Å². The normalized spacial score (nSPS) is 10.3. The topological polar surface area (TPSA) is 34.9 Å². The molecule has 0 spiro atoms. The van der Waals surface area contributed by atoms with Gasteiger partial charge in [0.2, 0.25) is 0 Å². The molecule has 0 aliphatic rings. The summed E-state index contributed by atoms with van der Waals surface area (Å²) in [6.45, 7) is 0. The predicted octanol–water partition coefficient (Wildman–Crippen LogP) is 2.66. The maximum atomic E-state index is 10.7. The zero-order valence-corrected chi connectivity index (χ0v) is 9.73. The van der Waals surface area contributed by atoms with Crippen LogP contribution in [-0.4, -0.2) is 15.8 Å². The largest absolute Gasteiger partial charge is 0.325 e. The Hall–Kier alpha value is -1.42. The minimum atomic E-state index is 0.577. The Labute approximate surface area is 95.9 Å². The fourth-order valence-corrected chi connectivity index (χ4v) is 1.66. The number of benzene rings is 1. The molecule has 1 aromatic carbocycles. The summed E-state index contributed by atoms with van der Waals surface area (Å²) in [5.74, 6) is 0.796. The quantitative estimate of drug-likeness (QED) is 0.782. The van der Waals surface area contributed by atoms with Crippen molar-refractivity contribution >= 4 is 22.2 Å². The second-order valence-corrected chi connectivity index (χ2v) is 4.11. The highest BCUT2D eigenvalue weighted by Gasteiger charge is 2.07. The molecule has 2 rings (SSSR count). The number of halogens is 1. The van der Waals surface area contributed by atoms with Gasteiger partial charge in [0.15, 0.2) is 6.29 Å². The maximum absolute atomic E-state index is 10.7. The van der Waals surface area contributed by atoms with Gasteiger partial charge in [-0.25, -0.2) is 4.98 Å². The number of aldehydes is 1. The van der Waals surface area contributed by atoms with Gasteiger partial charge >= 0.3 is 0 Å². The van der Waals surface area contributed by atoms with Crippen LogP contribution in [0.15, 0.2) is 34.9 Å². The minimum Gasteiger partial charge on any atom is -0.325 e. The molecule has 4 heteroatoms. The molecule has 0 aliphatic heterocycles. The number of carbonyl (C=O) groups excluding carboxylic acids is 1. The van der Waals surface area contributed by atoms with Crippen LogP contribution in [0.4, 0.5) is 0 Å². The highest BCUT2D eigenvalue weighted by molar-refractivity contribution is 9.10. The summed E-state index contributed by atoms with van der Waals surface area (Å²) in [5, 5.41) is 0. The molecule has 0 unspecified atom stereocenters. The van der Waals surface area contributed by atoms with Gasteiger partial charge in [0.05, 0.1) is 6.20 Å². The van der Waals surface area contributed by atoms with E-state index >= 15 is 0 Å². The average Bonchev–Trinajstić information content (AvgIpc) is 2.61. The van der Waals surface area contributed by atoms with Gasteiger partial charge in [-0.15, -0.1) is 0 Å². The monoisotopic (exact) mass is 264 g/mol. The lowest BCUT2D eigenvalue weighted by Gasteiger charge is -2.02. The molecule has 0 aliphatic carbocycles. The van der Waals surface area contributed by atoms with E-state index in [1.54, 1.807) is 10.8 Å². The Morgan fingerprint density at radius 3 is 2.53 bits per heavy atom. The maximum Gasteiger partial charge on any atom is 0.168 e. The summed E-state index contributed by atoms with van der Waals surface area (Å²) in [5.41, 5.74) is 1.57. The lowest BCUT2D eigenvalue weighted by Crippen LogP contribution is -1.96. The first-order valence-corrected chi connectivity index (χ1v) is 5.24. The van der Waals surface area contributed by atoms with E-state index in [-0.39, 0.29) is 0 Å². The van der Waals surface area contributed by atoms with Gasteiger partial charge in [-0.1, -0.05) is 28.1 Å². The van der Waals surface area contributed by atoms with Gasteiger partial charge in [0, 0.05) is 17.1 Å². The third kappa shape index (κ3) is 1.85. The Bertz CT molecular complexity index is 488. The number of rotatable bonds is 2. The molecule has 76 valence electrons. The third-order valence-corrected chi connectivity index (χ3v) is 2.78. The minimum absolute atomic E-state index is 0.577. The number of nitrogens with zero attached hydrogens (tertiary/aromatic N) is 2. The van der Waals surface area contributed by atoms with E-state index in [4.69, 9.17) is 0 Å². The van der Waals surface area contributed by atoms with Crippen molar-refractivity contribution in [2.24, 2.45) is 7.05 Å². The van der Waals surface area contributed by atoms with Gasteiger partial charge < -0.3 is 4.57 Å². The molecule has 1 aromatic heterocycles. The van der Waals surface area contributed by atoms with E-state index in [0.29, 0.717) is 5.69 Å². The number of imidazole rings is 1. The number of hydrogen-bond acceptors (Lipinski definition) is 2. The standard InChI is InChI=1S/C11H9BrN2O/c1-14-10(7-15)6-13-11(14)8-2-4-9(12)5-3-8/h2-7H,1H3. The van der Waals surface area contributed by atoms with Crippen molar-refractivity contribution in [2.45, 2.75) is 0 Å². The molecule has 15 heavy (non-hydrogen) atoms. The Kier molecular flexibility index (Phi) is 2.68. The van der Waals surface area contributed by atoms with Crippen molar-refractivity contribution in [3.63, 3.8) is 0 Å². The van der Waals surface area contributed by atoms with Crippen molar-refractivity contribution in [1.29, 1.82) is 0 Å². The Morgan fingerprint density at radius 1 is 1.33 bits per heavy atom. The summed E-state index contributed by atoms with van der Waals surface area (Å²) >= 11 is 3.37. The predicted molar refractivity (Wildman–Crippen MR) is 61.7 cm³/mol. The van der Waals surface area contributed by atoms with E-state index in [1.807, 2.05) is 31.3 Å². The van der Waals surface area contributed by atoms with E-state index in [1.165, 1.54) is 0 Å². The zero-order chi connectivity index (χ0) is 10.8. The molecule has 0 bridgehead atoms. The number of aromatic nitrogens is 2. The smallest absolute Gasteiger partial charge is 0.168 e. The first kappa shape index (κ1) is 10.1. The zero-order valence-electron chi connectivity index (χ0n) is 8.14. The van der Waals surface area contributed by atoms with Gasteiger partial charge in [-0.05, 0) is 12.1 Å². The lowest BCUT2D eigenvalue weighted by molar-refractivity contribution is 0.111. The van der Waals surface area contributed by atoms with E-state index in [0.717, 1.165) is 22.1 Å². The highest BCUT2D eigenvalue weighted by atomic mass is 79.9. The molecule has 2 aromatic rings. The van der Waals surface area contributed by atoms with Crippen LogP contribution in [0.2, 0.25) is 0 Å². The summed E-state index contributed by atoms with van der Waals surface area (Å²) in [6.07, 6.45) is 2.37. The molecule has 0 radical (unpaired) electrons. The molecular formula is C11H9BrN2O. The average molecular weight is 265 g/mol. The van der Waals surface area contributed by atoms with Crippen LogP contribution in [0.3, 0.4) is 0 Å². The van der Waals surface area contributed by atoms with Crippen LogP contribution < -0.4 is 0 Å². The van der Waals surface area contributed by atoms with Gasteiger partial charge in [0.25, 0.3) is 0 Å². The fourth-order valence-electron chi connectivity index (χ4n) is 1.40. The Balaban J connectivity index is 2.49. The van der Waals surface area contributed by atoms with Gasteiger partial charge in [-0.3, -0.25) is 4.79 Å². The van der Waals surface area contributed by atoms with Crippen LogP contribution >= 0.6 is 15.9 Å². The van der Waals surface area contributed by atoms with Crippen molar-refractivity contribution in [3.05, 3.63) is 40.6 Å². The second kappa shape index (κ2) is 3.98. The summed E-state index contributed by atoms with van der Waals surface area (Å²) < 4.78 is 2.80. The molecule has 3 nitrogen and oxygen atoms in total. The van der Waals surface area contributed by atoms with Crippen molar-refractivity contribution in [2.75, 3.05) is 0 Å². The van der Waals surface area contributed by atoms with Crippen LogP contribution in [-0.2, 0) is 7.05 Å². The van der Waals surface area contributed by atoms with E-state index in [9.17, 15) is 4.79 Å². The van der Waals surface area contributed by atoms with Crippen LogP contribution in [0.1, 0.15) is 10.5 Å². The lowest BCUT2D eigenvalue weighted by atomic mass is 10.2. The van der Waals surface area contributed by atoms with Crippen LogP contribution in [0, 0.1) is 0 Å². The fraction of sp³-hybridized carbons (Fsp3) is 0.0909. The SMILES string of the molecule is Cn1c(C=O)cnc1-c1ccc(Br)cc1. The molecule has 0 amide bonds. The second-order valence-electron chi connectivity index (χ2n) is 3.19. The molecule has 0 saturated carbocycles. The van der Waals surface area contributed by atoms with E-state index in [2.05, 4.69) is 20.9 Å². The molecular weight excluding hydrogens is 256 g/mol. The third-order valence-electron chi connectivity index (χ3n) is 2.25. The van der Waals surface area contributed by atoms with Crippen molar-refractivity contribution < 1.29 is 4.79 Å². The van der Waals surface area contributed by atoms with Gasteiger partial charge in [-0.2, -0.15) is 0 Å². The number of carbonyl (C=O) groups is 1. The highest BCUT2D eigenvalue weighted by Crippen LogP contribution is 2.20. The first-order chi connectivity index (χ1) is 7.22. The molecule has 0 N–H and O–H groups in total. The Morgan fingerprint density at radius 2 is 2.00 bits per heavy atom. The van der Waals surface area contributed by atoms with Crippen molar-refractivity contribution in [1.82, 2.24) is 9.55 Å². The van der Waals surface area contributed by atoms with Crippen LogP contribution in [0.25, 0.3) is 11.4 Å².